The molecule has 1 heterocycles. The molecular weight excluding hydrogens is 478 g/mol. The van der Waals surface area contributed by atoms with Crippen molar-refractivity contribution < 1.29 is 18.0 Å². The van der Waals surface area contributed by atoms with Crippen molar-refractivity contribution in [1.29, 1.82) is 0 Å². The van der Waals surface area contributed by atoms with Gasteiger partial charge in [-0.05, 0) is 36.6 Å². The maximum atomic E-state index is 12.7. The van der Waals surface area contributed by atoms with Crippen molar-refractivity contribution in [3.05, 3.63) is 34.7 Å². The van der Waals surface area contributed by atoms with Crippen molar-refractivity contribution in [3.63, 3.8) is 0 Å². The van der Waals surface area contributed by atoms with E-state index in [1.165, 1.54) is 44.2 Å². The van der Waals surface area contributed by atoms with Crippen LogP contribution in [0.1, 0.15) is 57.9 Å². The van der Waals surface area contributed by atoms with Gasteiger partial charge in [0.05, 0.1) is 11.2 Å². The number of unbranched alkanes of at least 4 members (excludes halogenated alkanes) is 4. The highest BCUT2D eigenvalue weighted by molar-refractivity contribution is 8.26. The van der Waals surface area contributed by atoms with Crippen molar-refractivity contribution in [2.24, 2.45) is 0 Å². The molecule has 0 radical (unpaired) electrons. The summed E-state index contributed by atoms with van der Waals surface area (Å²) in [6.07, 6.45) is 9.77. The van der Waals surface area contributed by atoms with Crippen molar-refractivity contribution in [1.82, 2.24) is 9.62 Å². The third-order valence-corrected chi connectivity index (χ3v) is 7.07. The minimum Gasteiger partial charge on any atom is -0.372 e. The SMILES string of the molecule is CCCCCN(CCCCC)c1ccc(/C=C2\SC(=S)N(CC(=O)NS(C)(=O)=O)C2=O)cc1. The standard InChI is InChI=1S/C23H33N3O4S3/c1-4-6-8-14-25(15-9-7-5-2)19-12-10-18(11-13-19)16-20-22(28)26(23(31)32-20)17-21(27)24-33(3,29)30/h10-13,16H,4-9,14-15,17H2,1-3H3,(H,24,27)/b20-16-. The number of nitrogens with one attached hydrogen (secondary N) is 1. The molecule has 0 bridgehead atoms. The monoisotopic (exact) mass is 511 g/mol. The van der Waals surface area contributed by atoms with E-state index in [0.717, 1.165) is 41.6 Å². The maximum Gasteiger partial charge on any atom is 0.266 e. The fourth-order valence-electron chi connectivity index (χ4n) is 3.43. The van der Waals surface area contributed by atoms with Gasteiger partial charge in [0, 0.05) is 18.8 Å². The number of rotatable bonds is 13. The van der Waals surface area contributed by atoms with Crippen LogP contribution in [-0.4, -0.2) is 55.3 Å². The first kappa shape index (κ1) is 27.3. The summed E-state index contributed by atoms with van der Waals surface area (Å²) < 4.78 is 24.5. The Hall–Kier alpha value is -1.91. The van der Waals surface area contributed by atoms with Crippen molar-refractivity contribution in [2.75, 3.05) is 30.8 Å². The van der Waals surface area contributed by atoms with E-state index in [4.69, 9.17) is 12.2 Å². The lowest BCUT2D eigenvalue weighted by molar-refractivity contribution is -0.127. The number of amides is 2. The number of carbonyl (C=O) groups is 2. The van der Waals surface area contributed by atoms with E-state index in [1.54, 1.807) is 6.08 Å². The van der Waals surface area contributed by atoms with Gasteiger partial charge >= 0.3 is 0 Å². The van der Waals surface area contributed by atoms with Crippen LogP contribution in [0.4, 0.5) is 5.69 Å². The van der Waals surface area contributed by atoms with Crippen LogP contribution in [0.25, 0.3) is 6.08 Å². The quantitative estimate of drug-likeness (QED) is 0.242. The zero-order chi connectivity index (χ0) is 24.4. The second-order valence-corrected chi connectivity index (χ2v) is 11.5. The number of anilines is 1. The third-order valence-electron chi connectivity index (χ3n) is 5.09. The first-order valence-corrected chi connectivity index (χ1v) is 14.4. The average Bonchev–Trinajstić information content (AvgIpc) is 2.99. The van der Waals surface area contributed by atoms with E-state index in [1.807, 2.05) is 16.9 Å². The maximum absolute atomic E-state index is 12.7. The van der Waals surface area contributed by atoms with Gasteiger partial charge in [-0.25, -0.2) is 8.42 Å². The number of benzene rings is 1. The largest absolute Gasteiger partial charge is 0.372 e. The fourth-order valence-corrected chi connectivity index (χ4v) is 5.16. The highest BCUT2D eigenvalue weighted by Gasteiger charge is 2.33. The number of nitrogens with zero attached hydrogens (tertiary/aromatic N) is 2. The predicted octanol–water partition coefficient (Wildman–Crippen LogP) is 4.15. The Balaban J connectivity index is 2.08. The number of sulfonamides is 1. The lowest BCUT2D eigenvalue weighted by Gasteiger charge is -2.25. The van der Waals surface area contributed by atoms with E-state index in [2.05, 4.69) is 30.9 Å². The van der Waals surface area contributed by atoms with Crippen molar-refractivity contribution in [2.45, 2.75) is 52.4 Å². The van der Waals surface area contributed by atoms with Gasteiger partial charge in [-0.2, -0.15) is 0 Å². The molecule has 33 heavy (non-hydrogen) atoms. The summed E-state index contributed by atoms with van der Waals surface area (Å²) in [4.78, 5) is 28.5. The lowest BCUT2D eigenvalue weighted by atomic mass is 10.1. The van der Waals surface area contributed by atoms with Gasteiger partial charge in [-0.3, -0.25) is 19.2 Å². The summed E-state index contributed by atoms with van der Waals surface area (Å²) in [6.45, 7) is 6.04. The van der Waals surface area contributed by atoms with Crippen molar-refractivity contribution >= 4 is 61.9 Å². The van der Waals surface area contributed by atoms with Crippen LogP contribution in [0.3, 0.4) is 0 Å². The van der Waals surface area contributed by atoms with Crippen LogP contribution in [-0.2, 0) is 19.6 Å². The molecule has 182 valence electrons. The zero-order valence-corrected chi connectivity index (χ0v) is 22.0. The molecule has 2 amide bonds. The average molecular weight is 512 g/mol. The third kappa shape index (κ3) is 9.10. The molecule has 0 atom stereocenters. The van der Waals surface area contributed by atoms with Gasteiger partial charge < -0.3 is 4.90 Å². The fraction of sp³-hybridized carbons (Fsp3) is 0.522. The first-order valence-electron chi connectivity index (χ1n) is 11.3. The molecule has 0 unspecified atom stereocenters. The number of hydrogen-bond donors (Lipinski definition) is 1. The van der Waals surface area contributed by atoms with Crippen LogP contribution in [0.15, 0.2) is 29.2 Å². The predicted molar refractivity (Wildman–Crippen MR) is 141 cm³/mol. The molecule has 1 fully saturated rings. The van der Waals surface area contributed by atoms with Crippen LogP contribution in [0.5, 0.6) is 0 Å². The Kier molecular flexibility index (Phi) is 10.9. The summed E-state index contributed by atoms with van der Waals surface area (Å²) in [7, 11) is -3.69. The molecule has 0 aliphatic carbocycles. The minimum absolute atomic E-state index is 0.226. The summed E-state index contributed by atoms with van der Waals surface area (Å²) in [5, 5.41) is 0. The normalized spacial score (nSPS) is 15.4. The van der Waals surface area contributed by atoms with Crippen LogP contribution in [0, 0.1) is 0 Å². The smallest absolute Gasteiger partial charge is 0.266 e. The molecule has 1 aromatic rings. The summed E-state index contributed by atoms with van der Waals surface area (Å²) in [6, 6.07) is 8.10. The topological polar surface area (TPSA) is 86.8 Å². The number of thioether (sulfide) groups is 1. The van der Waals surface area contributed by atoms with Gasteiger partial charge in [-0.1, -0.05) is 75.6 Å². The Bertz CT molecular complexity index is 965. The molecule has 1 aliphatic rings. The summed E-state index contributed by atoms with van der Waals surface area (Å²) >= 11 is 6.32. The Labute approximate surface area is 207 Å². The highest BCUT2D eigenvalue weighted by atomic mass is 32.2. The molecule has 0 saturated carbocycles. The van der Waals surface area contributed by atoms with Gasteiger partial charge in [0.1, 0.15) is 10.9 Å². The van der Waals surface area contributed by atoms with E-state index in [9.17, 15) is 18.0 Å². The molecule has 1 saturated heterocycles. The number of hydrogen-bond acceptors (Lipinski definition) is 7. The Morgan fingerprint density at radius 1 is 1.09 bits per heavy atom. The van der Waals surface area contributed by atoms with Crippen LogP contribution >= 0.6 is 24.0 Å². The van der Waals surface area contributed by atoms with E-state index >= 15 is 0 Å². The molecular formula is C23H33N3O4S3. The number of carbonyl (C=O) groups excluding carboxylic acids is 2. The van der Waals surface area contributed by atoms with E-state index < -0.39 is 28.4 Å². The minimum atomic E-state index is -3.69. The van der Waals surface area contributed by atoms with Gasteiger partial charge in [0.2, 0.25) is 10.0 Å². The second-order valence-electron chi connectivity index (χ2n) is 8.06. The van der Waals surface area contributed by atoms with Gasteiger partial charge in [-0.15, -0.1) is 0 Å². The second kappa shape index (κ2) is 13.1. The van der Waals surface area contributed by atoms with E-state index in [0.29, 0.717) is 4.91 Å². The molecule has 1 aromatic carbocycles. The molecule has 1 aliphatic heterocycles. The molecule has 7 nitrogen and oxygen atoms in total. The van der Waals surface area contributed by atoms with E-state index in [-0.39, 0.29) is 4.32 Å². The molecule has 10 heteroatoms. The van der Waals surface area contributed by atoms with Gasteiger partial charge in [0.25, 0.3) is 11.8 Å². The Morgan fingerprint density at radius 2 is 1.67 bits per heavy atom. The Morgan fingerprint density at radius 3 is 2.18 bits per heavy atom. The number of thiocarbonyl (C=S) groups is 1. The highest BCUT2D eigenvalue weighted by Crippen LogP contribution is 2.32. The summed E-state index contributed by atoms with van der Waals surface area (Å²) in [5.74, 6) is -1.20. The molecule has 0 aromatic heterocycles. The first-order chi connectivity index (χ1) is 15.6. The van der Waals surface area contributed by atoms with Crippen LogP contribution < -0.4 is 9.62 Å². The molecule has 0 spiro atoms. The summed E-state index contributed by atoms with van der Waals surface area (Å²) in [5.41, 5.74) is 2.03. The zero-order valence-electron chi connectivity index (χ0n) is 19.5. The van der Waals surface area contributed by atoms with Crippen molar-refractivity contribution in [3.8, 4) is 0 Å². The van der Waals surface area contributed by atoms with Gasteiger partial charge in [0.15, 0.2) is 0 Å². The molecule has 2 rings (SSSR count). The lowest BCUT2D eigenvalue weighted by Crippen LogP contribution is -2.41. The molecule has 1 N–H and O–H groups in total. The van der Waals surface area contributed by atoms with Crippen LogP contribution in [0.2, 0.25) is 0 Å².